The van der Waals surface area contributed by atoms with E-state index in [1.165, 1.54) is 10.4 Å². The summed E-state index contributed by atoms with van der Waals surface area (Å²) < 4.78 is 0. The lowest BCUT2D eigenvalue weighted by molar-refractivity contribution is 1.16. The van der Waals surface area contributed by atoms with Gasteiger partial charge in [-0.05, 0) is 36.1 Å². The van der Waals surface area contributed by atoms with Crippen molar-refractivity contribution in [2.24, 2.45) is 0 Å². The molecule has 0 spiro atoms. The van der Waals surface area contributed by atoms with Crippen LogP contribution in [-0.2, 0) is 6.54 Å². The highest BCUT2D eigenvalue weighted by Gasteiger charge is 1.98. The highest BCUT2D eigenvalue weighted by atomic mass is 32.1. The molecule has 0 atom stereocenters. The van der Waals surface area contributed by atoms with Gasteiger partial charge < -0.3 is 5.32 Å². The van der Waals surface area contributed by atoms with Gasteiger partial charge in [0, 0.05) is 29.5 Å². The van der Waals surface area contributed by atoms with Gasteiger partial charge in [-0.25, -0.2) is 0 Å². The lowest BCUT2D eigenvalue weighted by atomic mass is 10.3. The normalized spacial score (nSPS) is 10.1. The molecule has 0 bridgehead atoms. The SMILES string of the molecule is Cc1ccsc1CNc1ccncc1. The molecule has 72 valence electrons. The van der Waals surface area contributed by atoms with Gasteiger partial charge in [-0.1, -0.05) is 0 Å². The van der Waals surface area contributed by atoms with Gasteiger partial charge in [-0.15, -0.1) is 11.3 Å². The fourth-order valence-electron chi connectivity index (χ4n) is 1.24. The Kier molecular flexibility index (Phi) is 2.79. The second kappa shape index (κ2) is 4.24. The zero-order chi connectivity index (χ0) is 9.80. The van der Waals surface area contributed by atoms with Crippen LogP contribution in [0.1, 0.15) is 10.4 Å². The van der Waals surface area contributed by atoms with Gasteiger partial charge in [-0.3, -0.25) is 4.98 Å². The smallest absolute Gasteiger partial charge is 0.0496 e. The Bertz CT molecular complexity index is 395. The third kappa shape index (κ3) is 2.12. The van der Waals surface area contributed by atoms with Gasteiger partial charge in [0.15, 0.2) is 0 Å². The van der Waals surface area contributed by atoms with E-state index < -0.39 is 0 Å². The number of nitrogens with one attached hydrogen (secondary N) is 1. The molecule has 0 fully saturated rings. The summed E-state index contributed by atoms with van der Waals surface area (Å²) in [4.78, 5) is 5.36. The minimum atomic E-state index is 0.896. The second-order valence-corrected chi connectivity index (χ2v) is 4.12. The van der Waals surface area contributed by atoms with Gasteiger partial charge in [0.25, 0.3) is 0 Å². The number of nitrogens with zero attached hydrogens (tertiary/aromatic N) is 1. The number of hydrogen-bond acceptors (Lipinski definition) is 3. The van der Waals surface area contributed by atoms with E-state index in [1.807, 2.05) is 12.1 Å². The summed E-state index contributed by atoms with van der Waals surface area (Å²) in [6.07, 6.45) is 3.59. The summed E-state index contributed by atoms with van der Waals surface area (Å²) in [6.45, 7) is 3.04. The molecule has 2 aromatic rings. The number of rotatable bonds is 3. The topological polar surface area (TPSA) is 24.9 Å². The van der Waals surface area contributed by atoms with Gasteiger partial charge in [0.05, 0.1) is 0 Å². The van der Waals surface area contributed by atoms with E-state index in [0.29, 0.717) is 0 Å². The van der Waals surface area contributed by atoms with Gasteiger partial charge in [-0.2, -0.15) is 0 Å². The van der Waals surface area contributed by atoms with E-state index in [4.69, 9.17) is 0 Å². The molecule has 0 aliphatic rings. The predicted octanol–water partition coefficient (Wildman–Crippen LogP) is 3.06. The van der Waals surface area contributed by atoms with Crippen molar-refractivity contribution in [3.63, 3.8) is 0 Å². The molecule has 0 radical (unpaired) electrons. The largest absolute Gasteiger partial charge is 0.380 e. The average molecular weight is 204 g/mol. The Morgan fingerprint density at radius 3 is 2.71 bits per heavy atom. The van der Waals surface area contributed by atoms with Gasteiger partial charge >= 0.3 is 0 Å². The maximum Gasteiger partial charge on any atom is 0.0496 e. The van der Waals surface area contributed by atoms with E-state index in [9.17, 15) is 0 Å². The number of aromatic nitrogens is 1. The maximum absolute atomic E-state index is 3.97. The first-order valence-electron chi connectivity index (χ1n) is 4.53. The zero-order valence-electron chi connectivity index (χ0n) is 8.03. The summed E-state index contributed by atoms with van der Waals surface area (Å²) in [5, 5.41) is 5.48. The van der Waals surface area contributed by atoms with Crippen LogP contribution in [0.15, 0.2) is 36.0 Å². The zero-order valence-corrected chi connectivity index (χ0v) is 8.84. The van der Waals surface area contributed by atoms with E-state index >= 15 is 0 Å². The molecule has 2 rings (SSSR count). The van der Waals surface area contributed by atoms with Crippen LogP contribution in [-0.4, -0.2) is 4.98 Å². The standard InChI is InChI=1S/C11H12N2S/c1-9-4-7-14-11(9)8-13-10-2-5-12-6-3-10/h2-7H,8H2,1H3,(H,12,13). The number of pyridine rings is 1. The molecule has 0 aliphatic carbocycles. The monoisotopic (exact) mass is 204 g/mol. The molecule has 2 nitrogen and oxygen atoms in total. The number of aryl methyl sites for hydroxylation is 1. The number of thiophene rings is 1. The van der Waals surface area contributed by atoms with Gasteiger partial charge in [0.2, 0.25) is 0 Å². The third-order valence-corrected chi connectivity index (χ3v) is 3.12. The van der Waals surface area contributed by atoms with Crippen LogP contribution < -0.4 is 5.32 Å². The highest BCUT2D eigenvalue weighted by molar-refractivity contribution is 7.10. The molecular formula is C11H12N2S. The van der Waals surface area contributed by atoms with Crippen molar-refractivity contribution < 1.29 is 0 Å². The number of hydrogen-bond donors (Lipinski definition) is 1. The predicted molar refractivity (Wildman–Crippen MR) is 60.6 cm³/mol. The molecule has 1 N–H and O–H groups in total. The van der Waals surface area contributed by atoms with Gasteiger partial charge in [0.1, 0.15) is 0 Å². The fraction of sp³-hybridized carbons (Fsp3) is 0.182. The van der Waals surface area contributed by atoms with Crippen molar-refractivity contribution in [1.29, 1.82) is 0 Å². The molecule has 2 aromatic heterocycles. The van der Waals surface area contributed by atoms with Crippen molar-refractivity contribution in [2.45, 2.75) is 13.5 Å². The van der Waals surface area contributed by atoms with Crippen LogP contribution in [0.3, 0.4) is 0 Å². The minimum Gasteiger partial charge on any atom is -0.380 e. The minimum absolute atomic E-state index is 0.896. The van der Waals surface area contributed by atoms with Crippen molar-refractivity contribution in [3.05, 3.63) is 46.4 Å². The van der Waals surface area contributed by atoms with E-state index in [-0.39, 0.29) is 0 Å². The van der Waals surface area contributed by atoms with Crippen LogP contribution >= 0.6 is 11.3 Å². The maximum atomic E-state index is 3.97. The number of anilines is 1. The van der Waals surface area contributed by atoms with Crippen LogP contribution in [0.5, 0.6) is 0 Å². The molecule has 0 aliphatic heterocycles. The van der Waals surface area contributed by atoms with Crippen molar-refractivity contribution in [1.82, 2.24) is 4.98 Å². The van der Waals surface area contributed by atoms with Crippen LogP contribution in [0.2, 0.25) is 0 Å². The molecule has 2 heterocycles. The first-order chi connectivity index (χ1) is 6.86. The van der Waals surface area contributed by atoms with E-state index in [1.54, 1.807) is 23.7 Å². The van der Waals surface area contributed by atoms with Crippen molar-refractivity contribution in [2.75, 3.05) is 5.32 Å². The Hall–Kier alpha value is -1.35. The van der Waals surface area contributed by atoms with Crippen molar-refractivity contribution >= 4 is 17.0 Å². The lowest BCUT2D eigenvalue weighted by Gasteiger charge is -2.04. The molecule has 0 amide bonds. The first kappa shape index (κ1) is 9.21. The van der Waals surface area contributed by atoms with Crippen LogP contribution in [0.4, 0.5) is 5.69 Å². The van der Waals surface area contributed by atoms with Crippen LogP contribution in [0, 0.1) is 6.92 Å². The molecule has 0 unspecified atom stereocenters. The summed E-state index contributed by atoms with van der Waals surface area (Å²) in [6, 6.07) is 6.10. The third-order valence-electron chi connectivity index (χ3n) is 2.10. The molecule has 0 saturated carbocycles. The first-order valence-corrected chi connectivity index (χ1v) is 5.41. The molecule has 14 heavy (non-hydrogen) atoms. The Labute approximate surface area is 87.6 Å². The lowest BCUT2D eigenvalue weighted by Crippen LogP contribution is -1.98. The van der Waals surface area contributed by atoms with E-state index in [2.05, 4.69) is 28.7 Å². The summed E-state index contributed by atoms with van der Waals surface area (Å²) >= 11 is 1.79. The molecular weight excluding hydrogens is 192 g/mol. The molecule has 3 heteroatoms. The van der Waals surface area contributed by atoms with E-state index in [0.717, 1.165) is 12.2 Å². The van der Waals surface area contributed by atoms with Crippen LogP contribution in [0.25, 0.3) is 0 Å². The Balaban J connectivity index is 1.99. The molecule has 0 aromatic carbocycles. The van der Waals surface area contributed by atoms with Crippen molar-refractivity contribution in [3.8, 4) is 0 Å². The highest BCUT2D eigenvalue weighted by Crippen LogP contribution is 2.17. The summed E-state index contributed by atoms with van der Waals surface area (Å²) in [5.74, 6) is 0. The second-order valence-electron chi connectivity index (χ2n) is 3.12. The average Bonchev–Trinajstić information content (AvgIpc) is 2.63. The summed E-state index contributed by atoms with van der Waals surface area (Å²) in [7, 11) is 0. The fourth-order valence-corrected chi connectivity index (χ4v) is 2.08. The summed E-state index contributed by atoms with van der Waals surface area (Å²) in [5.41, 5.74) is 2.48. The molecule has 0 saturated heterocycles. The Morgan fingerprint density at radius 1 is 1.29 bits per heavy atom. The quantitative estimate of drug-likeness (QED) is 0.831. The Morgan fingerprint density at radius 2 is 2.07 bits per heavy atom.